The van der Waals surface area contributed by atoms with E-state index in [0.717, 1.165) is 49.9 Å². The molecule has 33 heavy (non-hydrogen) atoms. The minimum Gasteiger partial charge on any atom is -0.353 e. The van der Waals surface area contributed by atoms with Gasteiger partial charge in [0.2, 0.25) is 0 Å². The van der Waals surface area contributed by atoms with Crippen molar-refractivity contribution in [2.45, 2.75) is 32.6 Å². The molecule has 0 unspecified atom stereocenters. The second kappa shape index (κ2) is 8.81. The Labute approximate surface area is 196 Å². The van der Waals surface area contributed by atoms with Crippen molar-refractivity contribution in [1.29, 1.82) is 0 Å². The number of hydrogen-bond acceptors (Lipinski definition) is 5. The number of aromatic nitrogens is 3. The Morgan fingerprint density at radius 3 is 2.06 bits per heavy atom. The van der Waals surface area contributed by atoms with Crippen LogP contribution >= 0.6 is 0 Å². The van der Waals surface area contributed by atoms with Crippen LogP contribution in [0.4, 0.5) is 11.6 Å². The van der Waals surface area contributed by atoms with Crippen LogP contribution in [0.25, 0.3) is 10.8 Å². The average molecular weight is 438 g/mol. The quantitative estimate of drug-likeness (QED) is 0.437. The van der Waals surface area contributed by atoms with Crippen molar-refractivity contribution in [2.75, 3.05) is 36.0 Å². The van der Waals surface area contributed by atoms with Crippen LogP contribution in [0.1, 0.15) is 37.6 Å². The number of piperazine rings is 1. The molecule has 1 aliphatic heterocycles. The van der Waals surface area contributed by atoms with Crippen LogP contribution in [0.3, 0.4) is 0 Å². The molecule has 0 N–H and O–H groups in total. The normalized spacial score (nSPS) is 14.6. The monoisotopic (exact) mass is 437 g/mol. The summed E-state index contributed by atoms with van der Waals surface area (Å²) in [4.78, 5) is 9.47. The van der Waals surface area contributed by atoms with Crippen LogP contribution in [0.2, 0.25) is 0 Å². The van der Waals surface area contributed by atoms with Gasteiger partial charge in [-0.2, -0.15) is 5.10 Å². The molecule has 0 radical (unpaired) electrons. The van der Waals surface area contributed by atoms with E-state index in [9.17, 15) is 0 Å². The molecule has 5 heteroatoms. The van der Waals surface area contributed by atoms with E-state index in [0.29, 0.717) is 0 Å². The van der Waals surface area contributed by atoms with E-state index in [1.165, 1.54) is 21.9 Å². The fourth-order valence-electron chi connectivity index (χ4n) is 4.46. The van der Waals surface area contributed by atoms with Gasteiger partial charge in [-0.25, -0.2) is 4.98 Å². The number of rotatable bonds is 4. The van der Waals surface area contributed by atoms with Crippen molar-refractivity contribution in [1.82, 2.24) is 15.2 Å². The molecule has 4 aromatic rings. The predicted octanol–water partition coefficient (Wildman–Crippen LogP) is 5.24. The second-order valence-electron chi connectivity index (χ2n) is 9.81. The number of fused-ring (bicyclic) bond motifs is 1. The summed E-state index contributed by atoms with van der Waals surface area (Å²) in [6, 6.07) is 23.4. The first-order valence-electron chi connectivity index (χ1n) is 11.7. The molecule has 1 fully saturated rings. The van der Waals surface area contributed by atoms with E-state index < -0.39 is 0 Å². The molecule has 1 aliphatic rings. The highest BCUT2D eigenvalue weighted by Gasteiger charge is 2.22. The van der Waals surface area contributed by atoms with Crippen molar-refractivity contribution in [2.24, 2.45) is 0 Å². The van der Waals surface area contributed by atoms with E-state index in [-0.39, 0.29) is 5.41 Å². The predicted molar refractivity (Wildman–Crippen MR) is 136 cm³/mol. The van der Waals surface area contributed by atoms with Crippen LogP contribution in [0.5, 0.6) is 0 Å². The van der Waals surface area contributed by atoms with Crippen LogP contribution in [-0.4, -0.2) is 41.4 Å². The molecule has 0 spiro atoms. The Hall–Kier alpha value is -3.47. The molecule has 1 saturated heterocycles. The molecule has 3 heterocycles. The summed E-state index contributed by atoms with van der Waals surface area (Å²) in [5.41, 5.74) is 3.67. The van der Waals surface area contributed by atoms with Gasteiger partial charge in [-0.05, 0) is 22.6 Å². The highest BCUT2D eigenvalue weighted by molar-refractivity contribution is 5.93. The van der Waals surface area contributed by atoms with Gasteiger partial charge in [0.1, 0.15) is 5.82 Å². The van der Waals surface area contributed by atoms with Gasteiger partial charge in [0, 0.05) is 49.6 Å². The number of anilines is 2. The lowest BCUT2D eigenvalue weighted by Crippen LogP contribution is -2.47. The summed E-state index contributed by atoms with van der Waals surface area (Å²) in [6.07, 6.45) is 2.81. The van der Waals surface area contributed by atoms with Gasteiger partial charge in [-0.15, -0.1) is 5.10 Å². The maximum atomic E-state index is 4.75. The van der Waals surface area contributed by atoms with E-state index in [1.54, 1.807) is 0 Å². The molecule has 5 nitrogen and oxygen atoms in total. The minimum atomic E-state index is 0.122. The lowest BCUT2D eigenvalue weighted by atomic mass is 9.88. The highest BCUT2D eigenvalue weighted by Crippen LogP contribution is 2.29. The van der Waals surface area contributed by atoms with E-state index in [2.05, 4.69) is 96.3 Å². The molecule has 2 aromatic heterocycles. The zero-order chi connectivity index (χ0) is 22.8. The smallest absolute Gasteiger partial charge is 0.159 e. The number of nitrogens with zero attached hydrogens (tertiary/aromatic N) is 5. The van der Waals surface area contributed by atoms with Crippen molar-refractivity contribution in [3.8, 4) is 0 Å². The Bertz CT molecular complexity index is 1220. The molecule has 5 rings (SSSR count). The van der Waals surface area contributed by atoms with Crippen molar-refractivity contribution in [3.63, 3.8) is 0 Å². The molecular formula is C28H31N5. The van der Waals surface area contributed by atoms with Gasteiger partial charge in [0.25, 0.3) is 0 Å². The van der Waals surface area contributed by atoms with Crippen molar-refractivity contribution in [3.05, 3.63) is 89.7 Å². The van der Waals surface area contributed by atoms with Gasteiger partial charge in [0.15, 0.2) is 5.82 Å². The lowest BCUT2D eigenvalue weighted by Gasteiger charge is -2.36. The largest absolute Gasteiger partial charge is 0.353 e. The Morgan fingerprint density at radius 2 is 1.39 bits per heavy atom. The molecule has 0 saturated carbocycles. The fraction of sp³-hybridized carbons (Fsp3) is 0.321. The first kappa shape index (κ1) is 21.4. The van der Waals surface area contributed by atoms with E-state index in [4.69, 9.17) is 10.1 Å². The Balaban J connectivity index is 1.34. The highest BCUT2D eigenvalue weighted by atomic mass is 15.3. The third-order valence-corrected chi connectivity index (χ3v) is 6.48. The van der Waals surface area contributed by atoms with Gasteiger partial charge in [-0.3, -0.25) is 0 Å². The average Bonchev–Trinajstić information content (AvgIpc) is 2.85. The molecule has 168 valence electrons. The number of hydrogen-bond donors (Lipinski definition) is 0. The molecule has 0 atom stereocenters. The SMILES string of the molecule is CC(C)(C)c1ccc(N2CCN(c3nnc(Cc4ccccc4)c4ccccc34)CC2)nc1. The van der Waals surface area contributed by atoms with Crippen molar-refractivity contribution < 1.29 is 0 Å². The molecule has 0 bridgehead atoms. The summed E-state index contributed by atoms with van der Waals surface area (Å²) in [5, 5.41) is 11.7. The summed E-state index contributed by atoms with van der Waals surface area (Å²) in [6.45, 7) is 10.3. The first-order valence-corrected chi connectivity index (χ1v) is 11.7. The molecular weight excluding hydrogens is 406 g/mol. The van der Waals surface area contributed by atoms with E-state index in [1.807, 2.05) is 12.3 Å². The number of benzene rings is 2. The summed E-state index contributed by atoms with van der Waals surface area (Å²) < 4.78 is 0. The third-order valence-electron chi connectivity index (χ3n) is 6.48. The minimum absolute atomic E-state index is 0.122. The maximum Gasteiger partial charge on any atom is 0.159 e. The fourth-order valence-corrected chi connectivity index (χ4v) is 4.46. The summed E-state index contributed by atoms with van der Waals surface area (Å²) in [5.74, 6) is 2.04. The molecule has 0 amide bonds. The lowest BCUT2D eigenvalue weighted by molar-refractivity contribution is 0.586. The second-order valence-corrected chi connectivity index (χ2v) is 9.81. The van der Waals surface area contributed by atoms with Gasteiger partial charge in [0.05, 0.1) is 5.69 Å². The molecule has 0 aliphatic carbocycles. The third kappa shape index (κ3) is 4.54. The van der Waals surface area contributed by atoms with E-state index >= 15 is 0 Å². The molecule has 2 aromatic carbocycles. The first-order chi connectivity index (χ1) is 16.0. The van der Waals surface area contributed by atoms with Gasteiger partial charge >= 0.3 is 0 Å². The number of pyridine rings is 1. The van der Waals surface area contributed by atoms with Crippen LogP contribution in [0.15, 0.2) is 72.9 Å². The van der Waals surface area contributed by atoms with Crippen LogP contribution in [-0.2, 0) is 11.8 Å². The van der Waals surface area contributed by atoms with Crippen LogP contribution in [0, 0.1) is 0 Å². The van der Waals surface area contributed by atoms with Gasteiger partial charge in [-0.1, -0.05) is 81.4 Å². The summed E-state index contributed by atoms with van der Waals surface area (Å²) in [7, 11) is 0. The maximum absolute atomic E-state index is 4.75. The van der Waals surface area contributed by atoms with Crippen LogP contribution < -0.4 is 9.80 Å². The Kier molecular flexibility index (Phi) is 5.71. The topological polar surface area (TPSA) is 45.2 Å². The van der Waals surface area contributed by atoms with Gasteiger partial charge < -0.3 is 9.80 Å². The Morgan fingerprint density at radius 1 is 0.727 bits per heavy atom. The van der Waals surface area contributed by atoms with Crippen molar-refractivity contribution >= 4 is 22.4 Å². The zero-order valence-electron chi connectivity index (χ0n) is 19.7. The standard InChI is InChI=1S/C28H31N5/c1-28(2,3)22-13-14-26(29-20-22)32-15-17-33(18-16-32)27-24-12-8-7-11-23(24)25(30-31-27)19-21-9-5-4-6-10-21/h4-14,20H,15-19H2,1-3H3. The zero-order valence-corrected chi connectivity index (χ0v) is 19.7. The summed E-state index contributed by atoms with van der Waals surface area (Å²) >= 11 is 0.